The molecular formula is C16H28N2O3. The first-order chi connectivity index (χ1) is 9.90. The molecule has 2 aliphatic rings. The molecule has 5 nitrogen and oxygen atoms in total. The van der Waals surface area contributed by atoms with Crippen LogP contribution >= 0.6 is 0 Å². The van der Waals surface area contributed by atoms with Crippen molar-refractivity contribution in [2.75, 3.05) is 13.6 Å². The molecule has 0 aromatic rings. The molecule has 0 spiro atoms. The molecule has 0 saturated heterocycles. The molecule has 5 heteroatoms. The van der Waals surface area contributed by atoms with Crippen LogP contribution in [0.15, 0.2) is 0 Å². The molecule has 21 heavy (non-hydrogen) atoms. The predicted octanol–water partition coefficient (Wildman–Crippen LogP) is 1.96. The fourth-order valence-electron chi connectivity index (χ4n) is 3.23. The zero-order valence-electron chi connectivity index (χ0n) is 13.4. The summed E-state index contributed by atoms with van der Waals surface area (Å²) in [7, 11) is 1.87. The first-order valence-electron chi connectivity index (χ1n) is 8.14. The van der Waals surface area contributed by atoms with Crippen LogP contribution in [0, 0.1) is 5.92 Å². The smallest absolute Gasteiger partial charge is 0.320 e. The number of nitrogens with zero attached hydrogens (tertiary/aromatic N) is 2. The van der Waals surface area contributed by atoms with E-state index in [2.05, 4.69) is 6.92 Å². The number of rotatable bonds is 6. The van der Waals surface area contributed by atoms with Crippen molar-refractivity contribution in [3.8, 4) is 0 Å². The van der Waals surface area contributed by atoms with Crippen molar-refractivity contribution in [1.29, 1.82) is 0 Å². The second-order valence-electron chi connectivity index (χ2n) is 6.84. The molecule has 1 amide bonds. The predicted molar refractivity (Wildman–Crippen MR) is 81.0 cm³/mol. The number of carboxylic acids is 1. The summed E-state index contributed by atoms with van der Waals surface area (Å²) in [5, 5.41) is 9.19. The third kappa shape index (κ3) is 4.19. The van der Waals surface area contributed by atoms with Gasteiger partial charge in [-0.1, -0.05) is 6.92 Å². The first kappa shape index (κ1) is 16.3. The van der Waals surface area contributed by atoms with Gasteiger partial charge < -0.3 is 10.0 Å². The van der Waals surface area contributed by atoms with Gasteiger partial charge in [-0.25, -0.2) is 0 Å². The van der Waals surface area contributed by atoms with Gasteiger partial charge in [-0.2, -0.15) is 0 Å². The minimum absolute atomic E-state index is 0.0644. The highest BCUT2D eigenvalue weighted by molar-refractivity contribution is 5.80. The average molecular weight is 296 g/mol. The number of hydrogen-bond donors (Lipinski definition) is 1. The van der Waals surface area contributed by atoms with Gasteiger partial charge in [0, 0.05) is 19.1 Å². The van der Waals surface area contributed by atoms with Crippen molar-refractivity contribution < 1.29 is 14.7 Å². The van der Waals surface area contributed by atoms with Crippen molar-refractivity contribution in [3.05, 3.63) is 0 Å². The molecule has 1 atom stereocenters. The third-order valence-electron chi connectivity index (χ3n) is 5.12. The van der Waals surface area contributed by atoms with Gasteiger partial charge in [-0.05, 0) is 51.4 Å². The summed E-state index contributed by atoms with van der Waals surface area (Å²) in [6, 6.07) is 0.0240. The molecule has 0 radical (unpaired) electrons. The number of amides is 1. The highest BCUT2D eigenvalue weighted by Gasteiger charge is 2.37. The summed E-state index contributed by atoms with van der Waals surface area (Å²) in [5.74, 6) is -0.0156. The molecular weight excluding hydrogens is 268 g/mol. The van der Waals surface area contributed by atoms with Crippen LogP contribution in [0.5, 0.6) is 0 Å². The summed E-state index contributed by atoms with van der Waals surface area (Å²) in [4.78, 5) is 27.4. The summed E-state index contributed by atoms with van der Waals surface area (Å²) in [5.41, 5.74) is 0. The fourth-order valence-corrected chi connectivity index (χ4v) is 3.23. The number of carbonyl (C=O) groups is 2. The van der Waals surface area contributed by atoms with Crippen LogP contribution in [-0.2, 0) is 9.59 Å². The lowest BCUT2D eigenvalue weighted by molar-refractivity contribution is -0.144. The van der Waals surface area contributed by atoms with Crippen LogP contribution in [0.1, 0.15) is 52.4 Å². The lowest BCUT2D eigenvalue weighted by Gasteiger charge is -2.35. The topological polar surface area (TPSA) is 60.9 Å². The summed E-state index contributed by atoms with van der Waals surface area (Å²) >= 11 is 0. The van der Waals surface area contributed by atoms with Crippen molar-refractivity contribution in [3.63, 3.8) is 0 Å². The molecule has 0 bridgehead atoms. The van der Waals surface area contributed by atoms with E-state index in [0.29, 0.717) is 6.04 Å². The minimum atomic E-state index is -0.844. The lowest BCUT2D eigenvalue weighted by atomic mass is 9.87. The third-order valence-corrected chi connectivity index (χ3v) is 5.12. The van der Waals surface area contributed by atoms with Crippen molar-refractivity contribution in [1.82, 2.24) is 9.80 Å². The average Bonchev–Trinajstić information content (AvgIpc) is 3.28. The Morgan fingerprint density at radius 2 is 1.62 bits per heavy atom. The molecule has 2 fully saturated rings. The lowest BCUT2D eigenvalue weighted by Crippen LogP contribution is -2.49. The van der Waals surface area contributed by atoms with E-state index in [1.807, 2.05) is 16.8 Å². The van der Waals surface area contributed by atoms with Crippen LogP contribution in [-0.4, -0.2) is 58.5 Å². The quantitative estimate of drug-likeness (QED) is 0.814. The van der Waals surface area contributed by atoms with E-state index in [0.717, 1.165) is 31.6 Å². The van der Waals surface area contributed by atoms with Crippen LogP contribution in [0.3, 0.4) is 0 Å². The van der Waals surface area contributed by atoms with Gasteiger partial charge in [0.1, 0.15) is 6.04 Å². The fraction of sp³-hybridized carbons (Fsp3) is 0.875. The van der Waals surface area contributed by atoms with Gasteiger partial charge in [0.15, 0.2) is 0 Å². The molecule has 2 rings (SSSR count). The van der Waals surface area contributed by atoms with E-state index in [4.69, 9.17) is 0 Å². The Morgan fingerprint density at radius 1 is 1.10 bits per heavy atom. The normalized spacial score (nSPS) is 27.4. The van der Waals surface area contributed by atoms with Crippen molar-refractivity contribution in [2.24, 2.45) is 5.92 Å². The van der Waals surface area contributed by atoms with E-state index in [1.54, 1.807) is 6.92 Å². The molecule has 0 heterocycles. The highest BCUT2D eigenvalue weighted by atomic mass is 16.4. The number of carboxylic acid groups (broad SMARTS) is 1. The Balaban J connectivity index is 1.90. The van der Waals surface area contributed by atoms with Crippen LogP contribution in [0.25, 0.3) is 0 Å². The summed E-state index contributed by atoms with van der Waals surface area (Å²) in [6.45, 7) is 4.18. The van der Waals surface area contributed by atoms with E-state index >= 15 is 0 Å². The SMILES string of the molecule is CC1CCC(N(C)C(=O)CN(C2CC2)C(C)C(=O)O)CC1. The van der Waals surface area contributed by atoms with E-state index in [1.165, 1.54) is 12.8 Å². The van der Waals surface area contributed by atoms with Crippen LogP contribution < -0.4 is 0 Å². The molecule has 1 unspecified atom stereocenters. The van der Waals surface area contributed by atoms with Gasteiger partial charge in [0.05, 0.1) is 6.54 Å². The molecule has 2 aliphatic carbocycles. The largest absolute Gasteiger partial charge is 0.480 e. The second-order valence-corrected chi connectivity index (χ2v) is 6.84. The summed E-state index contributed by atoms with van der Waals surface area (Å²) in [6.07, 6.45) is 6.52. The Morgan fingerprint density at radius 3 is 2.10 bits per heavy atom. The van der Waals surface area contributed by atoms with Gasteiger partial charge in [0.25, 0.3) is 0 Å². The number of aliphatic carboxylic acids is 1. The molecule has 2 saturated carbocycles. The molecule has 120 valence electrons. The molecule has 0 aromatic carbocycles. The Bertz CT molecular complexity index is 387. The Hall–Kier alpha value is -1.10. The van der Waals surface area contributed by atoms with E-state index < -0.39 is 12.0 Å². The molecule has 0 aromatic heterocycles. The van der Waals surface area contributed by atoms with E-state index in [-0.39, 0.29) is 18.5 Å². The van der Waals surface area contributed by atoms with Crippen LogP contribution in [0.2, 0.25) is 0 Å². The minimum Gasteiger partial charge on any atom is -0.480 e. The maximum absolute atomic E-state index is 12.5. The molecule has 1 N–H and O–H groups in total. The van der Waals surface area contributed by atoms with Crippen LogP contribution in [0.4, 0.5) is 0 Å². The Kier molecular flexibility index (Phi) is 5.25. The second kappa shape index (κ2) is 6.77. The first-order valence-corrected chi connectivity index (χ1v) is 8.14. The van der Waals surface area contributed by atoms with Gasteiger partial charge in [-0.3, -0.25) is 14.5 Å². The van der Waals surface area contributed by atoms with Crippen molar-refractivity contribution >= 4 is 11.9 Å². The maximum Gasteiger partial charge on any atom is 0.320 e. The van der Waals surface area contributed by atoms with E-state index in [9.17, 15) is 14.7 Å². The van der Waals surface area contributed by atoms with Gasteiger partial charge in [-0.15, -0.1) is 0 Å². The zero-order valence-corrected chi connectivity index (χ0v) is 13.4. The maximum atomic E-state index is 12.5. The monoisotopic (exact) mass is 296 g/mol. The molecule has 0 aliphatic heterocycles. The van der Waals surface area contributed by atoms with Crippen molar-refractivity contribution in [2.45, 2.75) is 70.5 Å². The zero-order chi connectivity index (χ0) is 15.6. The summed E-state index contributed by atoms with van der Waals surface area (Å²) < 4.78 is 0. The number of carbonyl (C=O) groups excluding carboxylic acids is 1. The number of hydrogen-bond acceptors (Lipinski definition) is 3. The number of likely N-dealkylation sites (N-methyl/N-ethyl adjacent to an activating group) is 1. The highest BCUT2D eigenvalue weighted by Crippen LogP contribution is 2.30. The standard InChI is InChI=1S/C16H28N2O3/c1-11-4-6-13(7-5-11)17(3)15(19)10-18(14-8-9-14)12(2)16(20)21/h11-14H,4-10H2,1-3H3,(H,20,21). The van der Waals surface area contributed by atoms with Gasteiger partial charge >= 0.3 is 5.97 Å². The Labute approximate surface area is 127 Å². The van der Waals surface area contributed by atoms with Gasteiger partial charge in [0.2, 0.25) is 5.91 Å².